The number of hydrogen-bond donors (Lipinski definition) is 6. The second-order valence-corrected chi connectivity index (χ2v) is 14.0. The maximum atomic E-state index is 11.9. The topological polar surface area (TPSA) is 190 Å². The number of hydrogen-bond acceptors (Lipinski definition) is 8. The Labute approximate surface area is 318 Å². The summed E-state index contributed by atoms with van der Waals surface area (Å²) in [4.78, 5) is 45.4. The van der Waals surface area contributed by atoms with Crippen LogP contribution in [0.2, 0.25) is 0 Å². The SMILES string of the molecule is CCCCC/C=C\C/C=C\C/C=C\C(=O)C(O)C(O)CCC(C)(C)C(=O)O.CCCCC/C=C\C/C=C\C/C=C\C(=O)C(O)C(O)CCC(C)C(=O)O. The number of rotatable bonds is 30. The molecule has 0 fully saturated rings. The van der Waals surface area contributed by atoms with Gasteiger partial charge in [-0.1, -0.05) is 107 Å². The van der Waals surface area contributed by atoms with Gasteiger partial charge in [-0.25, -0.2) is 0 Å². The van der Waals surface area contributed by atoms with Gasteiger partial charge in [0.05, 0.1) is 23.5 Å². The first-order chi connectivity index (χ1) is 25.1. The van der Waals surface area contributed by atoms with E-state index in [0.717, 1.165) is 25.7 Å². The molecule has 0 aliphatic heterocycles. The summed E-state index contributed by atoms with van der Waals surface area (Å²) >= 11 is 0. The van der Waals surface area contributed by atoms with Crippen LogP contribution in [0.1, 0.15) is 137 Å². The van der Waals surface area contributed by atoms with E-state index in [1.54, 1.807) is 26.0 Å². The van der Waals surface area contributed by atoms with Crippen LogP contribution in [-0.2, 0) is 19.2 Å². The third-order valence-corrected chi connectivity index (χ3v) is 8.54. The number of carbonyl (C=O) groups excluding carboxylic acids is 2. The number of carboxylic acid groups (broad SMARTS) is 2. The summed E-state index contributed by atoms with van der Waals surface area (Å²) in [5.41, 5.74) is -1.01. The van der Waals surface area contributed by atoms with Gasteiger partial charge in [-0.05, 0) is 103 Å². The van der Waals surface area contributed by atoms with Crippen molar-refractivity contribution < 1.29 is 49.8 Å². The van der Waals surface area contributed by atoms with E-state index in [9.17, 15) is 39.6 Å². The molecule has 0 spiro atoms. The van der Waals surface area contributed by atoms with Crippen molar-refractivity contribution in [3.05, 3.63) is 72.9 Å². The Morgan fingerprint density at radius 1 is 0.547 bits per heavy atom. The summed E-state index contributed by atoms with van der Waals surface area (Å²) in [6, 6.07) is 0. The van der Waals surface area contributed by atoms with Gasteiger partial charge in [-0.2, -0.15) is 0 Å². The van der Waals surface area contributed by atoms with Crippen molar-refractivity contribution in [1.82, 2.24) is 0 Å². The highest BCUT2D eigenvalue weighted by molar-refractivity contribution is 5.94. The number of aliphatic hydroxyl groups excluding tert-OH is 4. The first kappa shape index (κ1) is 51.7. The maximum Gasteiger partial charge on any atom is 0.309 e. The number of unbranched alkanes of at least 4 members (excludes halogenated alkanes) is 6. The summed E-state index contributed by atoms with van der Waals surface area (Å²) in [6.07, 6.45) is 29.8. The molecule has 0 saturated carbocycles. The highest BCUT2D eigenvalue weighted by Crippen LogP contribution is 2.24. The summed E-state index contributed by atoms with van der Waals surface area (Å²) in [7, 11) is 0. The molecule has 5 unspecified atom stereocenters. The second kappa shape index (κ2) is 33.2. The van der Waals surface area contributed by atoms with E-state index in [0.29, 0.717) is 12.8 Å². The zero-order valence-corrected chi connectivity index (χ0v) is 32.9. The van der Waals surface area contributed by atoms with Crippen molar-refractivity contribution in [3.8, 4) is 0 Å². The average molecular weight is 747 g/mol. The molecule has 10 heteroatoms. The molecule has 0 amide bonds. The molecule has 0 radical (unpaired) electrons. The van der Waals surface area contributed by atoms with Gasteiger partial charge >= 0.3 is 11.9 Å². The van der Waals surface area contributed by atoms with E-state index in [1.807, 2.05) is 24.3 Å². The van der Waals surface area contributed by atoms with Crippen molar-refractivity contribution in [1.29, 1.82) is 0 Å². The zero-order valence-electron chi connectivity index (χ0n) is 32.9. The fraction of sp³-hybridized carbons (Fsp3) is 0.628. The van der Waals surface area contributed by atoms with Crippen LogP contribution in [0.3, 0.4) is 0 Å². The van der Waals surface area contributed by atoms with E-state index in [2.05, 4.69) is 38.2 Å². The van der Waals surface area contributed by atoms with E-state index in [4.69, 9.17) is 10.2 Å². The van der Waals surface area contributed by atoms with Crippen LogP contribution >= 0.6 is 0 Å². The quantitative estimate of drug-likeness (QED) is 0.0239. The Morgan fingerprint density at radius 3 is 1.30 bits per heavy atom. The van der Waals surface area contributed by atoms with Crippen LogP contribution in [0, 0.1) is 11.3 Å². The minimum atomic E-state index is -1.53. The summed E-state index contributed by atoms with van der Waals surface area (Å²) in [5, 5.41) is 57.1. The summed E-state index contributed by atoms with van der Waals surface area (Å²) in [5.74, 6) is -3.68. The molecular formula is C43H70O10. The van der Waals surface area contributed by atoms with E-state index in [-0.39, 0.29) is 25.7 Å². The number of carbonyl (C=O) groups is 4. The Balaban J connectivity index is 0. The Bertz CT molecular complexity index is 1180. The van der Waals surface area contributed by atoms with Gasteiger partial charge in [0.2, 0.25) is 0 Å². The summed E-state index contributed by atoms with van der Waals surface area (Å²) < 4.78 is 0. The molecule has 0 bridgehead atoms. The normalized spacial score (nSPS) is 15.3. The molecule has 0 aromatic heterocycles. The molecule has 5 atom stereocenters. The van der Waals surface area contributed by atoms with E-state index < -0.39 is 59.3 Å². The number of ketones is 2. The monoisotopic (exact) mass is 746 g/mol. The molecule has 6 N–H and O–H groups in total. The minimum Gasteiger partial charge on any atom is -0.481 e. The van der Waals surface area contributed by atoms with E-state index in [1.165, 1.54) is 57.6 Å². The molecule has 0 saturated heterocycles. The molecule has 53 heavy (non-hydrogen) atoms. The third kappa shape index (κ3) is 29.7. The van der Waals surface area contributed by atoms with Gasteiger partial charge < -0.3 is 30.6 Å². The lowest BCUT2D eigenvalue weighted by Crippen LogP contribution is -2.35. The third-order valence-electron chi connectivity index (χ3n) is 8.54. The smallest absolute Gasteiger partial charge is 0.309 e. The van der Waals surface area contributed by atoms with Crippen LogP contribution in [0.4, 0.5) is 0 Å². The van der Waals surface area contributed by atoms with Crippen molar-refractivity contribution >= 4 is 23.5 Å². The second-order valence-electron chi connectivity index (χ2n) is 14.0. The first-order valence-corrected chi connectivity index (χ1v) is 19.3. The number of allylic oxidation sites excluding steroid dienone is 10. The molecule has 0 aromatic rings. The van der Waals surface area contributed by atoms with Gasteiger partial charge in [-0.3, -0.25) is 19.2 Å². The molecule has 0 heterocycles. The van der Waals surface area contributed by atoms with Crippen LogP contribution in [0.15, 0.2) is 72.9 Å². The molecule has 302 valence electrons. The van der Waals surface area contributed by atoms with Crippen molar-refractivity contribution in [2.45, 2.75) is 162 Å². The number of aliphatic hydroxyl groups is 4. The lowest BCUT2D eigenvalue weighted by Gasteiger charge is -2.22. The van der Waals surface area contributed by atoms with Crippen molar-refractivity contribution in [2.24, 2.45) is 11.3 Å². The fourth-order valence-electron chi connectivity index (χ4n) is 4.57. The van der Waals surface area contributed by atoms with Gasteiger partial charge in [0.15, 0.2) is 11.6 Å². The van der Waals surface area contributed by atoms with Crippen molar-refractivity contribution in [3.63, 3.8) is 0 Å². The molecule has 10 nitrogen and oxygen atoms in total. The molecular weight excluding hydrogens is 676 g/mol. The Kier molecular flexibility index (Phi) is 32.3. The average Bonchev–Trinajstić information content (AvgIpc) is 3.13. The highest BCUT2D eigenvalue weighted by atomic mass is 16.4. The van der Waals surface area contributed by atoms with E-state index >= 15 is 0 Å². The number of carboxylic acids is 2. The van der Waals surface area contributed by atoms with Gasteiger partial charge in [0, 0.05) is 0 Å². The Hall–Kier alpha value is -3.44. The lowest BCUT2D eigenvalue weighted by molar-refractivity contribution is -0.148. The predicted octanol–water partition coefficient (Wildman–Crippen LogP) is 8.00. The maximum absolute atomic E-state index is 11.9. The first-order valence-electron chi connectivity index (χ1n) is 19.3. The van der Waals surface area contributed by atoms with Crippen LogP contribution in [0.5, 0.6) is 0 Å². The summed E-state index contributed by atoms with van der Waals surface area (Å²) in [6.45, 7) is 8.98. The van der Waals surface area contributed by atoms with Crippen LogP contribution < -0.4 is 0 Å². The highest BCUT2D eigenvalue weighted by Gasteiger charge is 2.30. The molecule has 0 aliphatic carbocycles. The lowest BCUT2D eigenvalue weighted by atomic mass is 9.86. The predicted molar refractivity (Wildman–Crippen MR) is 212 cm³/mol. The largest absolute Gasteiger partial charge is 0.481 e. The van der Waals surface area contributed by atoms with Crippen molar-refractivity contribution in [2.75, 3.05) is 0 Å². The minimum absolute atomic E-state index is 0.0462. The number of aliphatic carboxylic acids is 2. The van der Waals surface area contributed by atoms with Crippen LogP contribution in [-0.4, -0.2) is 78.6 Å². The molecule has 0 rings (SSSR count). The van der Waals surface area contributed by atoms with Gasteiger partial charge in [0.1, 0.15) is 12.2 Å². The van der Waals surface area contributed by atoms with Gasteiger partial charge in [0.25, 0.3) is 0 Å². The van der Waals surface area contributed by atoms with Crippen LogP contribution in [0.25, 0.3) is 0 Å². The standard InChI is InChI=1S/C22H36O5.C21H34O5/c1-4-5-6-7-8-9-10-11-12-13-14-15-18(23)20(25)19(24)16-17-22(2,3)21(26)27;1-3-4-5-6-7-8-9-10-11-12-13-14-18(22)20(24)19(23)16-15-17(2)21(25)26/h8-9,11-12,14-15,19-20,24-25H,4-7,10,13,16-17H2,1-3H3,(H,26,27);7-8,10-11,13-14,17,19-20,23-24H,3-6,9,12,15-16H2,1-2H3,(H,25,26)/b9-8-,12-11-,15-14-;8-7-,11-10-,14-13-. The Morgan fingerprint density at radius 2 is 0.925 bits per heavy atom. The van der Waals surface area contributed by atoms with Gasteiger partial charge in [-0.15, -0.1) is 0 Å². The zero-order chi connectivity index (χ0) is 40.5. The molecule has 0 aromatic carbocycles. The fourth-order valence-corrected chi connectivity index (χ4v) is 4.57. The molecule has 0 aliphatic rings.